The molecule has 6 heteroatoms. The molecule has 1 amide bonds. The molecule has 0 unspecified atom stereocenters. The number of rotatable bonds is 2. The van der Waals surface area contributed by atoms with Crippen molar-refractivity contribution in [1.82, 2.24) is 5.43 Å². The number of halogens is 2. The van der Waals surface area contributed by atoms with Crippen LogP contribution in [0.15, 0.2) is 17.2 Å². The van der Waals surface area contributed by atoms with Gasteiger partial charge in [0.2, 0.25) is 5.91 Å². The number of nitrogens with zero attached hydrogens (tertiary/aromatic N) is 1. The fourth-order valence-electron chi connectivity index (χ4n) is 1.65. The molecule has 0 aromatic heterocycles. The van der Waals surface area contributed by atoms with Crippen LogP contribution in [0.3, 0.4) is 0 Å². The fourth-order valence-corrected chi connectivity index (χ4v) is 1.65. The van der Waals surface area contributed by atoms with Crippen LogP contribution in [0.5, 0.6) is 5.75 Å². The number of amides is 1. The van der Waals surface area contributed by atoms with Gasteiger partial charge in [0.1, 0.15) is 17.4 Å². The van der Waals surface area contributed by atoms with E-state index in [1.54, 1.807) is 6.92 Å². The van der Waals surface area contributed by atoms with E-state index in [9.17, 15) is 13.6 Å². The lowest BCUT2D eigenvalue weighted by atomic mass is 10.0. The van der Waals surface area contributed by atoms with Crippen molar-refractivity contribution in [3.63, 3.8) is 0 Å². The van der Waals surface area contributed by atoms with Crippen LogP contribution in [0.25, 0.3) is 0 Å². The number of hydrazone groups is 1. The van der Waals surface area contributed by atoms with Crippen molar-refractivity contribution in [2.45, 2.75) is 19.8 Å². The molecule has 0 saturated carbocycles. The minimum Gasteiger partial charge on any atom is -0.492 e. The third kappa shape index (κ3) is 2.47. The van der Waals surface area contributed by atoms with E-state index in [0.29, 0.717) is 12.1 Å². The van der Waals surface area contributed by atoms with E-state index in [0.717, 1.165) is 12.1 Å². The Bertz CT molecular complexity index is 515. The molecule has 4 nitrogen and oxygen atoms in total. The van der Waals surface area contributed by atoms with Gasteiger partial charge in [0.25, 0.3) is 0 Å². The second-order valence-electron chi connectivity index (χ2n) is 3.81. The summed E-state index contributed by atoms with van der Waals surface area (Å²) < 4.78 is 31.9. The van der Waals surface area contributed by atoms with Crippen LogP contribution in [0.1, 0.15) is 25.3 Å². The van der Waals surface area contributed by atoms with Crippen LogP contribution in [0.4, 0.5) is 8.78 Å². The molecule has 0 saturated heterocycles. The number of ether oxygens (including phenoxy) is 1. The highest BCUT2D eigenvalue weighted by molar-refractivity contribution is 6.04. The molecular weight excluding hydrogens is 242 g/mol. The molecule has 0 bridgehead atoms. The maximum Gasteiger partial charge on any atom is 0.239 e. The summed E-state index contributed by atoms with van der Waals surface area (Å²) in [6.45, 7) is 1.96. The molecule has 1 heterocycles. The molecule has 1 N–H and O–H groups in total. The number of fused-ring (bicyclic) bond motifs is 1. The van der Waals surface area contributed by atoms with Crippen LogP contribution in [-0.2, 0) is 4.79 Å². The van der Waals surface area contributed by atoms with Gasteiger partial charge < -0.3 is 4.74 Å². The maximum atomic E-state index is 13.7. The molecule has 0 spiro atoms. The summed E-state index contributed by atoms with van der Waals surface area (Å²) in [5.74, 6) is -1.60. The highest BCUT2D eigenvalue weighted by atomic mass is 19.1. The Labute approximate surface area is 103 Å². The van der Waals surface area contributed by atoms with E-state index in [1.165, 1.54) is 0 Å². The molecule has 0 radical (unpaired) electrons. The van der Waals surface area contributed by atoms with Gasteiger partial charge in [-0.1, -0.05) is 6.92 Å². The normalized spacial score (nSPS) is 16.1. The van der Waals surface area contributed by atoms with E-state index >= 15 is 0 Å². The minimum absolute atomic E-state index is 0.110. The highest BCUT2D eigenvalue weighted by Crippen LogP contribution is 2.28. The Morgan fingerprint density at radius 3 is 3.00 bits per heavy atom. The van der Waals surface area contributed by atoms with Crippen molar-refractivity contribution in [3.8, 4) is 5.75 Å². The lowest BCUT2D eigenvalue weighted by Crippen LogP contribution is -2.24. The molecule has 1 aliphatic rings. The first kappa shape index (κ1) is 12.5. The first-order valence-corrected chi connectivity index (χ1v) is 5.59. The minimum atomic E-state index is -0.741. The predicted octanol–water partition coefficient (Wildman–Crippen LogP) is 1.98. The lowest BCUT2D eigenvalue weighted by Gasteiger charge is -2.19. The van der Waals surface area contributed by atoms with Crippen molar-refractivity contribution in [2.75, 3.05) is 6.61 Å². The average molecular weight is 254 g/mol. The van der Waals surface area contributed by atoms with Crippen molar-refractivity contribution in [3.05, 3.63) is 29.3 Å². The smallest absolute Gasteiger partial charge is 0.239 e. The summed E-state index contributed by atoms with van der Waals surface area (Å²) in [7, 11) is 0. The summed E-state index contributed by atoms with van der Waals surface area (Å²) in [6.07, 6.45) is 0.644. The maximum absolute atomic E-state index is 13.7. The van der Waals surface area contributed by atoms with E-state index in [4.69, 9.17) is 4.74 Å². The standard InChI is InChI=1S/C12H12F2N2O2/c1-2-11(17)16-15-9-3-4-18-10-6-7(13)5-8(14)12(9)10/h5-6H,2-4H2,1H3,(H,16,17)/b15-9+. The van der Waals surface area contributed by atoms with Gasteiger partial charge in [-0.05, 0) is 0 Å². The number of nitrogens with one attached hydrogen (secondary N) is 1. The number of hydrogen-bond acceptors (Lipinski definition) is 3. The van der Waals surface area contributed by atoms with E-state index in [1.807, 2.05) is 0 Å². The molecule has 2 rings (SSSR count). The zero-order chi connectivity index (χ0) is 13.1. The Kier molecular flexibility index (Phi) is 3.55. The van der Waals surface area contributed by atoms with Gasteiger partial charge in [-0.3, -0.25) is 4.79 Å². The molecule has 1 aliphatic heterocycles. The van der Waals surface area contributed by atoms with Gasteiger partial charge in [-0.25, -0.2) is 14.2 Å². The van der Waals surface area contributed by atoms with E-state index in [-0.39, 0.29) is 30.2 Å². The predicted molar refractivity (Wildman–Crippen MR) is 61.4 cm³/mol. The largest absolute Gasteiger partial charge is 0.492 e. The Hall–Kier alpha value is -1.98. The van der Waals surface area contributed by atoms with Crippen LogP contribution in [0.2, 0.25) is 0 Å². The van der Waals surface area contributed by atoms with Gasteiger partial charge in [-0.2, -0.15) is 5.10 Å². The van der Waals surface area contributed by atoms with Crippen molar-refractivity contribution in [1.29, 1.82) is 0 Å². The van der Waals surface area contributed by atoms with Crippen LogP contribution in [-0.4, -0.2) is 18.2 Å². The highest BCUT2D eigenvalue weighted by Gasteiger charge is 2.22. The molecule has 1 aromatic carbocycles. The zero-order valence-electron chi connectivity index (χ0n) is 9.80. The molecule has 0 fully saturated rings. The van der Waals surface area contributed by atoms with Crippen LogP contribution < -0.4 is 10.2 Å². The molecule has 1 aromatic rings. The van der Waals surface area contributed by atoms with E-state index < -0.39 is 11.6 Å². The van der Waals surface area contributed by atoms with Crippen molar-refractivity contribution in [2.24, 2.45) is 5.10 Å². The van der Waals surface area contributed by atoms with Crippen molar-refractivity contribution >= 4 is 11.6 Å². The van der Waals surface area contributed by atoms with E-state index in [2.05, 4.69) is 10.5 Å². The monoisotopic (exact) mass is 254 g/mol. The lowest BCUT2D eigenvalue weighted by molar-refractivity contribution is -0.120. The summed E-state index contributed by atoms with van der Waals surface area (Å²) in [4.78, 5) is 11.1. The first-order valence-electron chi connectivity index (χ1n) is 5.59. The Morgan fingerprint density at radius 1 is 1.50 bits per heavy atom. The summed E-state index contributed by atoms with van der Waals surface area (Å²) in [6, 6.07) is 1.87. The number of carbonyl (C=O) groups is 1. The quantitative estimate of drug-likeness (QED) is 0.820. The fraction of sp³-hybridized carbons (Fsp3) is 0.333. The second-order valence-corrected chi connectivity index (χ2v) is 3.81. The van der Waals surface area contributed by atoms with Gasteiger partial charge >= 0.3 is 0 Å². The number of carbonyl (C=O) groups excluding carboxylic acids is 1. The van der Waals surface area contributed by atoms with Gasteiger partial charge in [-0.15, -0.1) is 0 Å². The Morgan fingerprint density at radius 2 is 2.28 bits per heavy atom. The number of benzene rings is 1. The topological polar surface area (TPSA) is 50.7 Å². The van der Waals surface area contributed by atoms with Gasteiger partial charge in [0, 0.05) is 25.0 Å². The van der Waals surface area contributed by atoms with Crippen molar-refractivity contribution < 1.29 is 18.3 Å². The molecular formula is C12H12F2N2O2. The Balaban J connectivity index is 2.36. The zero-order valence-corrected chi connectivity index (χ0v) is 9.80. The van der Waals surface area contributed by atoms with Gasteiger partial charge in [0.05, 0.1) is 17.9 Å². The number of hydrogen-bond donors (Lipinski definition) is 1. The van der Waals surface area contributed by atoms with Crippen LogP contribution in [0, 0.1) is 11.6 Å². The average Bonchev–Trinajstić information content (AvgIpc) is 2.35. The molecule has 96 valence electrons. The third-order valence-corrected chi connectivity index (χ3v) is 2.54. The van der Waals surface area contributed by atoms with Crippen LogP contribution >= 0.6 is 0 Å². The third-order valence-electron chi connectivity index (χ3n) is 2.54. The molecule has 18 heavy (non-hydrogen) atoms. The first-order chi connectivity index (χ1) is 8.61. The summed E-state index contributed by atoms with van der Waals surface area (Å²) >= 11 is 0. The SMILES string of the molecule is CCC(=O)N/N=C1\CCOc2cc(F)cc(F)c21. The second kappa shape index (κ2) is 5.12. The molecule has 0 atom stereocenters. The molecule has 0 aliphatic carbocycles. The summed E-state index contributed by atoms with van der Waals surface area (Å²) in [5, 5.41) is 3.86. The van der Waals surface area contributed by atoms with Gasteiger partial charge in [0.15, 0.2) is 0 Å². The summed E-state index contributed by atoms with van der Waals surface area (Å²) in [5.41, 5.74) is 2.79.